The van der Waals surface area contributed by atoms with Gasteiger partial charge in [-0.1, -0.05) is 11.6 Å². The van der Waals surface area contributed by atoms with Gasteiger partial charge < -0.3 is 20.3 Å². The first-order valence-electron chi connectivity index (χ1n) is 10.5. The number of hydrogen-bond acceptors (Lipinski definition) is 6. The number of nitrogens with one attached hydrogen (secondary N) is 3. The molecule has 1 fully saturated rings. The van der Waals surface area contributed by atoms with E-state index in [0.717, 1.165) is 28.4 Å². The Balaban J connectivity index is 1.79. The number of ether oxygens (including phenoxy) is 1. The van der Waals surface area contributed by atoms with Crippen LogP contribution in [0, 0.1) is 0 Å². The molecule has 2 aromatic rings. The molecule has 0 radical (unpaired) electrons. The second-order valence-corrected chi connectivity index (χ2v) is 9.39. The monoisotopic (exact) mass is 572 g/mol. The Hall–Kier alpha value is -2.88. The molecule has 1 atom stereocenters. The molecule has 1 aromatic heterocycles. The summed E-state index contributed by atoms with van der Waals surface area (Å²) in [6.45, 7) is -2.70. The minimum absolute atomic E-state index is 0.0253. The fourth-order valence-corrected chi connectivity index (χ4v) is 4.25. The predicted octanol–water partition coefficient (Wildman–Crippen LogP) is 3.67. The zero-order chi connectivity index (χ0) is 27.4. The summed E-state index contributed by atoms with van der Waals surface area (Å²) in [5.74, 6) is -2.52. The average Bonchev–Trinajstić information content (AvgIpc) is 3.24. The number of amides is 3. The Labute approximate surface area is 214 Å². The van der Waals surface area contributed by atoms with Crippen LogP contribution in [-0.2, 0) is 20.5 Å². The molecule has 3 amide bonds. The summed E-state index contributed by atoms with van der Waals surface area (Å²) in [5, 5.41) is 6.37. The minimum atomic E-state index is -4.92. The van der Waals surface area contributed by atoms with Crippen LogP contribution in [-0.4, -0.2) is 62.8 Å². The number of carbonyl (C=O) groups is 3. The molecular formula is C21H19ClF6N4O4S. The van der Waals surface area contributed by atoms with E-state index in [1.807, 2.05) is 5.32 Å². The van der Waals surface area contributed by atoms with Gasteiger partial charge in [0.25, 0.3) is 11.8 Å². The third kappa shape index (κ3) is 8.05. The number of hydrogen-bond donors (Lipinski definition) is 3. The number of benzene rings is 1. The van der Waals surface area contributed by atoms with Gasteiger partial charge in [0.05, 0.1) is 33.6 Å². The first-order valence-corrected chi connectivity index (χ1v) is 11.7. The Morgan fingerprint density at radius 3 is 2.46 bits per heavy atom. The summed E-state index contributed by atoms with van der Waals surface area (Å²) in [4.78, 5) is 38.0. The quantitative estimate of drug-likeness (QED) is 0.419. The van der Waals surface area contributed by atoms with Gasteiger partial charge in [0.2, 0.25) is 5.91 Å². The van der Waals surface area contributed by atoms with Crippen LogP contribution in [0.1, 0.15) is 15.2 Å². The Bertz CT molecular complexity index is 1160. The molecule has 37 heavy (non-hydrogen) atoms. The van der Waals surface area contributed by atoms with Crippen molar-refractivity contribution in [2.75, 3.05) is 43.1 Å². The van der Waals surface area contributed by atoms with E-state index in [9.17, 15) is 40.7 Å². The second-order valence-electron chi connectivity index (χ2n) is 7.68. The fraction of sp³-hybridized carbons (Fsp3) is 0.381. The highest BCUT2D eigenvalue weighted by atomic mass is 35.5. The SMILES string of the molecule is O=C(NC[C@H](NCC(F)(F)F)C(=O)Nc1ccc(N2CCOCC2=O)c(C(F)(F)F)c1)c1ccc(Cl)s1. The highest BCUT2D eigenvalue weighted by Gasteiger charge is 2.37. The van der Waals surface area contributed by atoms with E-state index < -0.39 is 67.1 Å². The summed E-state index contributed by atoms with van der Waals surface area (Å²) >= 11 is 6.65. The van der Waals surface area contributed by atoms with Gasteiger partial charge in [0.15, 0.2) is 0 Å². The fourth-order valence-electron chi connectivity index (χ4n) is 3.29. The van der Waals surface area contributed by atoms with Crippen LogP contribution in [0.5, 0.6) is 0 Å². The molecular weight excluding hydrogens is 554 g/mol. The Morgan fingerprint density at radius 2 is 1.86 bits per heavy atom. The van der Waals surface area contributed by atoms with Crippen LogP contribution in [0.15, 0.2) is 30.3 Å². The van der Waals surface area contributed by atoms with Gasteiger partial charge in [0, 0.05) is 18.8 Å². The van der Waals surface area contributed by atoms with E-state index in [1.165, 1.54) is 12.1 Å². The average molecular weight is 573 g/mol. The molecule has 1 saturated heterocycles. The molecule has 0 unspecified atom stereocenters. The number of rotatable bonds is 8. The second kappa shape index (κ2) is 11.7. The zero-order valence-corrected chi connectivity index (χ0v) is 20.2. The molecule has 0 aliphatic carbocycles. The van der Waals surface area contributed by atoms with Crippen molar-refractivity contribution in [3.8, 4) is 0 Å². The van der Waals surface area contributed by atoms with E-state index in [0.29, 0.717) is 6.07 Å². The van der Waals surface area contributed by atoms with Crippen LogP contribution in [0.2, 0.25) is 4.34 Å². The maximum atomic E-state index is 13.8. The lowest BCUT2D eigenvalue weighted by molar-refractivity contribution is -0.137. The number of morpholine rings is 1. The van der Waals surface area contributed by atoms with Crippen molar-refractivity contribution in [2.24, 2.45) is 0 Å². The number of nitrogens with zero attached hydrogens (tertiary/aromatic N) is 1. The largest absolute Gasteiger partial charge is 0.418 e. The van der Waals surface area contributed by atoms with E-state index >= 15 is 0 Å². The summed E-state index contributed by atoms with van der Waals surface area (Å²) in [6.07, 6.45) is -9.63. The lowest BCUT2D eigenvalue weighted by Gasteiger charge is -2.29. The van der Waals surface area contributed by atoms with Gasteiger partial charge >= 0.3 is 12.4 Å². The number of alkyl halides is 6. The molecule has 202 valence electrons. The summed E-state index contributed by atoms with van der Waals surface area (Å²) in [5.41, 5.74) is -2.06. The van der Waals surface area contributed by atoms with E-state index in [2.05, 4.69) is 10.6 Å². The smallest absolute Gasteiger partial charge is 0.370 e. The molecule has 1 aliphatic rings. The highest BCUT2D eigenvalue weighted by molar-refractivity contribution is 7.18. The van der Waals surface area contributed by atoms with E-state index in [-0.39, 0.29) is 28.1 Å². The van der Waals surface area contributed by atoms with E-state index in [4.69, 9.17) is 16.3 Å². The van der Waals surface area contributed by atoms with Crippen molar-refractivity contribution in [1.82, 2.24) is 10.6 Å². The van der Waals surface area contributed by atoms with Gasteiger partial charge in [0.1, 0.15) is 12.6 Å². The first kappa shape index (κ1) is 28.7. The molecule has 0 bridgehead atoms. The van der Waals surface area contributed by atoms with Crippen molar-refractivity contribution in [3.63, 3.8) is 0 Å². The number of thiophene rings is 1. The van der Waals surface area contributed by atoms with Gasteiger partial charge in [-0.25, -0.2) is 0 Å². The molecule has 3 N–H and O–H groups in total. The molecule has 0 saturated carbocycles. The molecule has 16 heteroatoms. The Morgan fingerprint density at radius 1 is 1.14 bits per heavy atom. The highest BCUT2D eigenvalue weighted by Crippen LogP contribution is 2.38. The third-order valence-electron chi connectivity index (χ3n) is 4.98. The zero-order valence-electron chi connectivity index (χ0n) is 18.6. The minimum Gasteiger partial charge on any atom is -0.370 e. The van der Waals surface area contributed by atoms with Crippen molar-refractivity contribution >= 4 is 52.0 Å². The molecule has 0 spiro atoms. The van der Waals surface area contributed by atoms with Crippen molar-refractivity contribution in [1.29, 1.82) is 0 Å². The topological polar surface area (TPSA) is 99.8 Å². The number of anilines is 2. The van der Waals surface area contributed by atoms with Gasteiger partial charge in [-0.05, 0) is 30.3 Å². The first-order chi connectivity index (χ1) is 17.2. The van der Waals surface area contributed by atoms with E-state index in [1.54, 1.807) is 0 Å². The molecule has 1 aliphatic heterocycles. The van der Waals surface area contributed by atoms with Gasteiger partial charge in [-0.15, -0.1) is 11.3 Å². The molecule has 1 aromatic carbocycles. The number of carbonyl (C=O) groups excluding carboxylic acids is 3. The standard InChI is InChI=1S/C21H19ClF6N4O4S/c22-16-4-3-15(37-16)19(35)29-8-13(30-10-20(23,24)25)18(34)31-11-1-2-14(12(7-11)21(26,27)28)32-5-6-36-9-17(32)33/h1-4,7,13,30H,5-6,8-10H2,(H,29,35)(H,31,34)/t13-/m0/s1. The van der Waals surface area contributed by atoms with Crippen LogP contribution in [0.3, 0.4) is 0 Å². The third-order valence-corrected chi connectivity index (χ3v) is 6.21. The number of halogens is 7. The summed E-state index contributed by atoms with van der Waals surface area (Å²) in [6, 6.07) is 3.78. The normalized spacial score (nSPS) is 15.4. The molecule has 2 heterocycles. The summed E-state index contributed by atoms with van der Waals surface area (Å²) in [7, 11) is 0. The predicted molar refractivity (Wildman–Crippen MR) is 123 cm³/mol. The van der Waals surface area contributed by atoms with Crippen molar-refractivity contribution in [2.45, 2.75) is 18.4 Å². The van der Waals surface area contributed by atoms with Crippen LogP contribution < -0.4 is 20.9 Å². The maximum Gasteiger partial charge on any atom is 0.418 e. The van der Waals surface area contributed by atoms with Crippen LogP contribution in [0.4, 0.5) is 37.7 Å². The summed E-state index contributed by atoms with van der Waals surface area (Å²) < 4.78 is 84.7. The van der Waals surface area contributed by atoms with Crippen molar-refractivity contribution < 1.29 is 45.5 Å². The molecule has 8 nitrogen and oxygen atoms in total. The molecule has 3 rings (SSSR count). The lowest BCUT2D eigenvalue weighted by Crippen LogP contribution is -2.50. The van der Waals surface area contributed by atoms with Gasteiger partial charge in [-0.3, -0.25) is 19.7 Å². The lowest BCUT2D eigenvalue weighted by atomic mass is 10.1. The van der Waals surface area contributed by atoms with Gasteiger partial charge in [-0.2, -0.15) is 26.3 Å². The van der Waals surface area contributed by atoms with Crippen LogP contribution >= 0.6 is 22.9 Å². The van der Waals surface area contributed by atoms with Crippen LogP contribution in [0.25, 0.3) is 0 Å². The maximum absolute atomic E-state index is 13.8. The Kier molecular flexibility index (Phi) is 9.05. The van der Waals surface area contributed by atoms with Crippen molar-refractivity contribution in [3.05, 3.63) is 45.1 Å².